The summed E-state index contributed by atoms with van der Waals surface area (Å²) in [7, 11) is 0. The van der Waals surface area contributed by atoms with Gasteiger partial charge in [-0.25, -0.2) is 4.79 Å². The third-order valence-corrected chi connectivity index (χ3v) is 6.37. The summed E-state index contributed by atoms with van der Waals surface area (Å²) in [6.45, 7) is 4.03. The summed E-state index contributed by atoms with van der Waals surface area (Å²) in [5.41, 5.74) is 4.48. The van der Waals surface area contributed by atoms with Crippen LogP contribution in [0, 0.1) is 11.8 Å². The molecular formula is C31H31NO4. The van der Waals surface area contributed by atoms with E-state index in [2.05, 4.69) is 12.1 Å². The molecule has 0 spiro atoms. The molecule has 0 fully saturated rings. The van der Waals surface area contributed by atoms with Crippen LogP contribution in [0.4, 0.5) is 0 Å². The Morgan fingerprint density at radius 3 is 2.00 bits per heavy atom. The molecule has 3 aromatic carbocycles. The molecule has 4 rings (SSSR count). The van der Waals surface area contributed by atoms with Gasteiger partial charge in [0, 0.05) is 17.2 Å². The van der Waals surface area contributed by atoms with Gasteiger partial charge in [0.1, 0.15) is 12.5 Å². The predicted molar refractivity (Wildman–Crippen MR) is 141 cm³/mol. The molecule has 0 amide bonds. The third kappa shape index (κ3) is 5.98. The number of hydrogen-bond donors (Lipinski definition) is 0. The first-order chi connectivity index (χ1) is 17.6. The maximum Gasteiger partial charge on any atom is 0.336 e. The number of aliphatic imine (C=N–C) groups is 1. The molecule has 0 aliphatic carbocycles. The van der Waals surface area contributed by atoms with Crippen molar-refractivity contribution in [1.82, 2.24) is 0 Å². The Bertz CT molecular complexity index is 1230. The van der Waals surface area contributed by atoms with Crippen molar-refractivity contribution in [3.63, 3.8) is 0 Å². The predicted octanol–water partition coefficient (Wildman–Crippen LogP) is 6.04. The number of benzene rings is 3. The van der Waals surface area contributed by atoms with Crippen LogP contribution >= 0.6 is 0 Å². The molecule has 5 nitrogen and oxygen atoms in total. The van der Waals surface area contributed by atoms with Gasteiger partial charge in [0.2, 0.25) is 0 Å². The van der Waals surface area contributed by atoms with Crippen molar-refractivity contribution in [3.8, 4) is 0 Å². The first kappa shape index (κ1) is 25.1. The van der Waals surface area contributed by atoms with Crippen molar-refractivity contribution in [2.24, 2.45) is 16.8 Å². The van der Waals surface area contributed by atoms with Gasteiger partial charge in [0.25, 0.3) is 0 Å². The molecule has 1 aliphatic heterocycles. The molecule has 0 saturated heterocycles. The Morgan fingerprint density at radius 1 is 0.806 bits per heavy atom. The lowest BCUT2D eigenvalue weighted by Gasteiger charge is -2.32. The number of nitrogens with zero attached hydrogens (tertiary/aromatic N) is 1. The van der Waals surface area contributed by atoms with E-state index in [1.165, 1.54) is 0 Å². The number of rotatable bonds is 9. The fourth-order valence-electron chi connectivity index (χ4n) is 4.65. The van der Waals surface area contributed by atoms with E-state index >= 15 is 0 Å². The number of carbonyl (C=O) groups is 2. The van der Waals surface area contributed by atoms with E-state index in [-0.39, 0.29) is 19.2 Å². The van der Waals surface area contributed by atoms with Crippen LogP contribution in [-0.2, 0) is 32.1 Å². The Morgan fingerprint density at radius 2 is 1.39 bits per heavy atom. The summed E-state index contributed by atoms with van der Waals surface area (Å²) in [6, 6.07) is 29.2. The third-order valence-electron chi connectivity index (χ3n) is 6.37. The summed E-state index contributed by atoms with van der Waals surface area (Å²) in [5, 5.41) is 0. The fourth-order valence-corrected chi connectivity index (χ4v) is 4.65. The summed E-state index contributed by atoms with van der Waals surface area (Å²) < 4.78 is 11.2. The Kier molecular flexibility index (Phi) is 8.45. The van der Waals surface area contributed by atoms with E-state index < -0.39 is 17.8 Å². The van der Waals surface area contributed by atoms with Crippen LogP contribution in [0.15, 0.2) is 102 Å². The fraction of sp³-hybridized carbons (Fsp3) is 0.258. The molecule has 2 atom stereocenters. The molecule has 5 heteroatoms. The molecule has 0 aromatic heterocycles. The highest BCUT2D eigenvalue weighted by Gasteiger charge is 2.42. The molecule has 0 radical (unpaired) electrons. The van der Waals surface area contributed by atoms with E-state index in [4.69, 9.17) is 14.5 Å². The smallest absolute Gasteiger partial charge is 0.336 e. The van der Waals surface area contributed by atoms with Gasteiger partial charge in [-0.15, -0.1) is 0 Å². The molecular weight excluding hydrogens is 450 g/mol. The second-order valence-electron chi connectivity index (χ2n) is 8.80. The van der Waals surface area contributed by atoms with Crippen LogP contribution in [-0.4, -0.2) is 24.3 Å². The van der Waals surface area contributed by atoms with E-state index in [0.29, 0.717) is 29.8 Å². The van der Waals surface area contributed by atoms with Gasteiger partial charge < -0.3 is 9.47 Å². The van der Waals surface area contributed by atoms with Crippen molar-refractivity contribution < 1.29 is 19.1 Å². The molecule has 1 aliphatic rings. The largest absolute Gasteiger partial charge is 0.465 e. The zero-order valence-corrected chi connectivity index (χ0v) is 20.7. The van der Waals surface area contributed by atoms with E-state index in [0.717, 1.165) is 16.7 Å². The maximum absolute atomic E-state index is 13.7. The van der Waals surface area contributed by atoms with Gasteiger partial charge >= 0.3 is 11.9 Å². The minimum absolute atomic E-state index is 0.142. The van der Waals surface area contributed by atoms with Crippen molar-refractivity contribution in [3.05, 3.63) is 113 Å². The second kappa shape index (κ2) is 12.1. The lowest BCUT2D eigenvalue weighted by atomic mass is 9.75. The molecule has 36 heavy (non-hydrogen) atoms. The summed E-state index contributed by atoms with van der Waals surface area (Å²) in [6.07, 6.45) is 1.28. The van der Waals surface area contributed by atoms with E-state index in [9.17, 15) is 9.59 Å². The molecule has 1 heterocycles. The molecule has 184 valence electrons. The molecule has 3 aromatic rings. The average molecular weight is 482 g/mol. The molecule has 0 bridgehead atoms. The summed E-state index contributed by atoms with van der Waals surface area (Å²) in [5.74, 6) is -1.90. The monoisotopic (exact) mass is 481 g/mol. The van der Waals surface area contributed by atoms with E-state index in [1.807, 2.05) is 85.8 Å². The van der Waals surface area contributed by atoms with Gasteiger partial charge in [-0.05, 0) is 37.8 Å². The van der Waals surface area contributed by atoms with E-state index in [1.54, 1.807) is 6.92 Å². The number of hydrogen-bond acceptors (Lipinski definition) is 5. The highest BCUT2D eigenvalue weighted by atomic mass is 16.5. The van der Waals surface area contributed by atoms with Crippen LogP contribution in [0.3, 0.4) is 0 Å². The maximum atomic E-state index is 13.7. The minimum atomic E-state index is -0.652. The van der Waals surface area contributed by atoms with Crippen LogP contribution in [0.25, 0.3) is 5.70 Å². The quantitative estimate of drug-likeness (QED) is 0.349. The lowest BCUT2D eigenvalue weighted by Crippen LogP contribution is -2.38. The first-order valence-electron chi connectivity index (χ1n) is 12.3. The Balaban J connectivity index is 1.76. The van der Waals surface area contributed by atoms with Gasteiger partial charge in [0.15, 0.2) is 0 Å². The van der Waals surface area contributed by atoms with Crippen LogP contribution in [0.2, 0.25) is 0 Å². The lowest BCUT2D eigenvalue weighted by molar-refractivity contribution is -0.147. The highest BCUT2D eigenvalue weighted by Crippen LogP contribution is 2.39. The topological polar surface area (TPSA) is 65.0 Å². The Hall–Kier alpha value is -3.99. The highest BCUT2D eigenvalue weighted by molar-refractivity contribution is 6.10. The number of aryl methyl sites for hydroxylation is 1. The Labute approximate surface area is 212 Å². The molecule has 2 unspecified atom stereocenters. The zero-order valence-electron chi connectivity index (χ0n) is 20.7. The van der Waals surface area contributed by atoms with Crippen molar-refractivity contribution in [1.29, 1.82) is 0 Å². The number of esters is 2. The van der Waals surface area contributed by atoms with Crippen LogP contribution in [0.1, 0.15) is 37.0 Å². The second-order valence-corrected chi connectivity index (χ2v) is 8.80. The zero-order chi connectivity index (χ0) is 25.3. The molecule has 0 saturated carbocycles. The van der Waals surface area contributed by atoms with Crippen molar-refractivity contribution >= 4 is 23.3 Å². The van der Waals surface area contributed by atoms with Crippen molar-refractivity contribution in [2.45, 2.75) is 33.3 Å². The standard InChI is InChI=1S/C31H31NO4/c1-3-35-30(33)27-22(2)32-29(25-17-11-6-12-18-25)28(26(27)20-19-23-13-7-4-8-14-23)31(34)36-21-24-15-9-5-10-16-24/h4-18,26-27H,3,19-21H2,1-2H3. The van der Waals surface area contributed by atoms with Gasteiger partial charge in [0.05, 0.1) is 17.9 Å². The summed E-state index contributed by atoms with van der Waals surface area (Å²) in [4.78, 5) is 31.6. The van der Waals surface area contributed by atoms with Crippen LogP contribution in [0.5, 0.6) is 0 Å². The van der Waals surface area contributed by atoms with Gasteiger partial charge in [-0.2, -0.15) is 0 Å². The average Bonchev–Trinajstić information content (AvgIpc) is 2.92. The van der Waals surface area contributed by atoms with Gasteiger partial charge in [-0.1, -0.05) is 91.0 Å². The SMILES string of the molecule is CCOC(=O)C1C(C)=NC(c2ccccc2)=C(C(=O)OCc2ccccc2)C1CCc1ccccc1. The first-order valence-corrected chi connectivity index (χ1v) is 12.3. The molecule has 0 N–H and O–H groups in total. The number of carbonyl (C=O) groups excluding carboxylic acids is 2. The van der Waals surface area contributed by atoms with Crippen molar-refractivity contribution in [2.75, 3.05) is 6.61 Å². The normalized spacial score (nSPS) is 17.3. The minimum Gasteiger partial charge on any atom is -0.465 e. The van der Waals surface area contributed by atoms with Gasteiger partial charge in [-0.3, -0.25) is 9.79 Å². The summed E-state index contributed by atoms with van der Waals surface area (Å²) >= 11 is 0. The van der Waals surface area contributed by atoms with Crippen LogP contribution < -0.4 is 0 Å². The number of ether oxygens (including phenoxy) is 2.